The second kappa shape index (κ2) is 6.77. The van der Waals surface area contributed by atoms with Crippen LogP contribution in [-0.4, -0.2) is 41.9 Å². The maximum atomic E-state index is 11.7. The fourth-order valence-electron chi connectivity index (χ4n) is 1.72. The van der Waals surface area contributed by atoms with Crippen molar-refractivity contribution in [2.24, 2.45) is 0 Å². The molecule has 1 aliphatic heterocycles. The molecule has 7 heteroatoms. The number of hydrogen-bond donors (Lipinski definition) is 2. The Kier molecular flexibility index (Phi) is 5.03. The van der Waals surface area contributed by atoms with Crippen LogP contribution in [0, 0.1) is 0 Å². The second-order valence-corrected chi connectivity index (χ2v) is 5.30. The highest BCUT2D eigenvalue weighted by Gasteiger charge is 2.16. The number of ether oxygens (including phenoxy) is 1. The van der Waals surface area contributed by atoms with Crippen LogP contribution in [0.15, 0.2) is 0 Å². The van der Waals surface area contributed by atoms with Crippen LogP contribution in [0.3, 0.4) is 0 Å². The molecule has 18 heavy (non-hydrogen) atoms. The zero-order valence-corrected chi connectivity index (χ0v) is 11.3. The third-order valence-electron chi connectivity index (χ3n) is 2.68. The Morgan fingerprint density at radius 1 is 1.56 bits per heavy atom. The molecule has 2 heterocycles. The maximum absolute atomic E-state index is 11.7. The largest absolute Gasteiger partial charge is 0.378 e. The van der Waals surface area contributed by atoms with E-state index < -0.39 is 0 Å². The Bertz CT molecular complexity index is 390. The summed E-state index contributed by atoms with van der Waals surface area (Å²) in [5, 5.41) is 16.0. The summed E-state index contributed by atoms with van der Waals surface area (Å²) in [7, 11) is 0. The van der Waals surface area contributed by atoms with Gasteiger partial charge in [-0.15, -0.1) is 10.2 Å². The predicted molar refractivity (Wildman–Crippen MR) is 68.4 cm³/mol. The molecule has 0 spiro atoms. The molecule has 1 atom stereocenters. The van der Waals surface area contributed by atoms with Crippen LogP contribution < -0.4 is 10.6 Å². The normalized spacial score (nSPS) is 19.7. The van der Waals surface area contributed by atoms with Crippen LogP contribution in [0.5, 0.6) is 0 Å². The third kappa shape index (κ3) is 4.01. The molecule has 0 radical (unpaired) electrons. The molecule has 1 saturated heterocycles. The summed E-state index contributed by atoms with van der Waals surface area (Å²) in [5.74, 6) is 0.0197. The lowest BCUT2D eigenvalue weighted by molar-refractivity contribution is -0.122. The van der Waals surface area contributed by atoms with Gasteiger partial charge in [0.05, 0.1) is 19.8 Å². The Labute approximate surface area is 110 Å². The maximum Gasteiger partial charge on any atom is 0.222 e. The number of morpholine rings is 1. The van der Waals surface area contributed by atoms with Crippen molar-refractivity contribution >= 4 is 17.2 Å². The first-order valence-corrected chi connectivity index (χ1v) is 6.98. The zero-order chi connectivity index (χ0) is 12.8. The van der Waals surface area contributed by atoms with E-state index in [4.69, 9.17) is 4.74 Å². The Hall–Kier alpha value is -1.05. The number of amides is 1. The molecule has 2 N–H and O–H groups in total. The first kappa shape index (κ1) is 13.4. The highest BCUT2D eigenvalue weighted by molar-refractivity contribution is 7.11. The summed E-state index contributed by atoms with van der Waals surface area (Å²) < 4.78 is 5.30. The van der Waals surface area contributed by atoms with E-state index in [0.29, 0.717) is 19.6 Å². The van der Waals surface area contributed by atoms with E-state index >= 15 is 0 Å². The average molecular weight is 270 g/mol. The summed E-state index contributed by atoms with van der Waals surface area (Å²) in [6.45, 7) is 4.64. The van der Waals surface area contributed by atoms with Crippen molar-refractivity contribution in [3.63, 3.8) is 0 Å². The fourth-order valence-corrected chi connectivity index (χ4v) is 2.45. The molecule has 100 valence electrons. The van der Waals surface area contributed by atoms with Crippen LogP contribution in [0.1, 0.15) is 23.4 Å². The Morgan fingerprint density at radius 3 is 3.06 bits per heavy atom. The number of aromatic nitrogens is 2. The van der Waals surface area contributed by atoms with E-state index in [1.165, 1.54) is 0 Å². The van der Waals surface area contributed by atoms with Crippen LogP contribution >= 0.6 is 11.3 Å². The first-order valence-electron chi connectivity index (χ1n) is 6.17. The lowest BCUT2D eigenvalue weighted by Gasteiger charge is -2.23. The van der Waals surface area contributed by atoms with Gasteiger partial charge in [0.1, 0.15) is 10.0 Å². The van der Waals surface area contributed by atoms with Gasteiger partial charge in [0.25, 0.3) is 0 Å². The van der Waals surface area contributed by atoms with Crippen molar-refractivity contribution in [3.05, 3.63) is 10.0 Å². The van der Waals surface area contributed by atoms with Crippen molar-refractivity contribution < 1.29 is 9.53 Å². The van der Waals surface area contributed by atoms with E-state index in [1.54, 1.807) is 11.3 Å². The molecule has 0 saturated carbocycles. The van der Waals surface area contributed by atoms with Crippen molar-refractivity contribution in [2.45, 2.75) is 32.4 Å². The molecule has 6 nitrogen and oxygen atoms in total. The van der Waals surface area contributed by atoms with Gasteiger partial charge in [-0.3, -0.25) is 4.79 Å². The molecular weight excluding hydrogens is 252 g/mol. The lowest BCUT2D eigenvalue weighted by Crippen LogP contribution is -2.44. The number of rotatable bonds is 5. The molecule has 1 aliphatic rings. The molecule has 0 bridgehead atoms. The van der Waals surface area contributed by atoms with Gasteiger partial charge < -0.3 is 15.4 Å². The predicted octanol–water partition coefficient (Wildman–Crippen LogP) is 0.0952. The van der Waals surface area contributed by atoms with Gasteiger partial charge in [-0.05, 0) is 6.42 Å². The minimum Gasteiger partial charge on any atom is -0.378 e. The smallest absolute Gasteiger partial charge is 0.222 e. The molecule has 0 aliphatic carbocycles. The third-order valence-corrected chi connectivity index (χ3v) is 3.75. The second-order valence-electron chi connectivity index (χ2n) is 4.15. The van der Waals surface area contributed by atoms with E-state index in [-0.39, 0.29) is 11.9 Å². The fraction of sp³-hybridized carbons (Fsp3) is 0.727. The SMILES string of the molecule is CCc1nnc(CNC(=O)CC2COCCN2)s1. The van der Waals surface area contributed by atoms with Gasteiger partial charge in [-0.1, -0.05) is 18.3 Å². The van der Waals surface area contributed by atoms with Crippen molar-refractivity contribution in [2.75, 3.05) is 19.8 Å². The number of carbonyl (C=O) groups excluding carboxylic acids is 1. The van der Waals surface area contributed by atoms with E-state index in [9.17, 15) is 4.79 Å². The number of carbonyl (C=O) groups is 1. The van der Waals surface area contributed by atoms with Crippen LogP contribution in [-0.2, 0) is 22.5 Å². The minimum absolute atomic E-state index is 0.0197. The molecule has 1 fully saturated rings. The van der Waals surface area contributed by atoms with Crippen molar-refractivity contribution in [1.29, 1.82) is 0 Å². The zero-order valence-electron chi connectivity index (χ0n) is 10.4. The minimum atomic E-state index is 0.0197. The first-order chi connectivity index (χ1) is 8.78. The van der Waals surface area contributed by atoms with E-state index in [0.717, 1.165) is 29.6 Å². The molecule has 1 unspecified atom stereocenters. The quantitative estimate of drug-likeness (QED) is 0.793. The lowest BCUT2D eigenvalue weighted by atomic mass is 10.2. The summed E-state index contributed by atoms with van der Waals surface area (Å²) in [4.78, 5) is 11.7. The van der Waals surface area contributed by atoms with Gasteiger partial charge in [0.15, 0.2) is 0 Å². The summed E-state index contributed by atoms with van der Waals surface area (Å²) in [5.41, 5.74) is 0. The van der Waals surface area contributed by atoms with Gasteiger partial charge >= 0.3 is 0 Å². The van der Waals surface area contributed by atoms with Crippen molar-refractivity contribution in [1.82, 2.24) is 20.8 Å². The van der Waals surface area contributed by atoms with Gasteiger partial charge in [-0.25, -0.2) is 0 Å². The number of nitrogens with one attached hydrogen (secondary N) is 2. The summed E-state index contributed by atoms with van der Waals surface area (Å²) >= 11 is 1.54. The summed E-state index contributed by atoms with van der Waals surface area (Å²) in [6, 6.07) is 0.124. The number of hydrogen-bond acceptors (Lipinski definition) is 6. The highest BCUT2D eigenvalue weighted by atomic mass is 32.1. The molecule has 1 aromatic heterocycles. The monoisotopic (exact) mass is 270 g/mol. The van der Waals surface area contributed by atoms with Gasteiger partial charge in [0.2, 0.25) is 5.91 Å². The van der Waals surface area contributed by atoms with Crippen LogP contribution in [0.4, 0.5) is 0 Å². The Morgan fingerprint density at radius 2 is 2.39 bits per heavy atom. The van der Waals surface area contributed by atoms with E-state index in [1.807, 2.05) is 6.92 Å². The molecule has 2 rings (SSSR count). The molecule has 1 amide bonds. The number of nitrogens with zero attached hydrogens (tertiary/aromatic N) is 2. The average Bonchev–Trinajstić information content (AvgIpc) is 2.85. The Balaban J connectivity index is 1.70. The van der Waals surface area contributed by atoms with Gasteiger partial charge in [0, 0.05) is 19.0 Å². The standard InChI is InChI=1S/C11H18N4O2S/c1-2-10-14-15-11(18-10)6-13-9(16)5-8-7-17-4-3-12-8/h8,12H,2-7H2,1H3,(H,13,16). The van der Waals surface area contributed by atoms with Gasteiger partial charge in [-0.2, -0.15) is 0 Å². The van der Waals surface area contributed by atoms with Crippen LogP contribution in [0.2, 0.25) is 0 Å². The highest BCUT2D eigenvalue weighted by Crippen LogP contribution is 2.09. The van der Waals surface area contributed by atoms with Crippen molar-refractivity contribution in [3.8, 4) is 0 Å². The molecule has 1 aromatic rings. The molecule has 0 aromatic carbocycles. The molecular formula is C11H18N4O2S. The topological polar surface area (TPSA) is 76.1 Å². The summed E-state index contributed by atoms with van der Waals surface area (Å²) in [6.07, 6.45) is 1.33. The van der Waals surface area contributed by atoms with E-state index in [2.05, 4.69) is 20.8 Å². The number of aryl methyl sites for hydroxylation is 1. The van der Waals surface area contributed by atoms with Crippen LogP contribution in [0.25, 0.3) is 0 Å².